The van der Waals surface area contributed by atoms with Crippen molar-refractivity contribution < 1.29 is 14.4 Å². The van der Waals surface area contributed by atoms with Crippen LogP contribution in [0.1, 0.15) is 66.2 Å². The summed E-state index contributed by atoms with van der Waals surface area (Å²) in [7, 11) is 0. The first kappa shape index (κ1) is 55.3. The van der Waals surface area contributed by atoms with Gasteiger partial charge in [-0.1, -0.05) is 100 Å². The summed E-state index contributed by atoms with van der Waals surface area (Å²) in [6, 6.07) is 45.6. The molecule has 10 heterocycles. The smallest absolute Gasteiger partial charge is 0.249 e. The van der Waals surface area contributed by atoms with Crippen LogP contribution in [0.4, 0.5) is 17.8 Å². The van der Waals surface area contributed by atoms with Crippen LogP contribution in [0.3, 0.4) is 0 Å². The maximum absolute atomic E-state index is 12.0. The first-order valence-electron chi connectivity index (χ1n) is 28.3. The summed E-state index contributed by atoms with van der Waals surface area (Å²) >= 11 is 0. The lowest BCUT2D eigenvalue weighted by Crippen LogP contribution is -2.14. The highest BCUT2D eigenvalue weighted by molar-refractivity contribution is 5.94. The molecule has 3 fully saturated rings. The van der Waals surface area contributed by atoms with Crippen molar-refractivity contribution in [3.05, 3.63) is 183 Å². The number of H-pyrrole nitrogens is 1. The Balaban J connectivity index is 0.000000128. The fourth-order valence-corrected chi connectivity index (χ4v) is 9.04. The van der Waals surface area contributed by atoms with Crippen LogP contribution in [0, 0.1) is 17.8 Å². The minimum atomic E-state index is -0.00468. The summed E-state index contributed by atoms with van der Waals surface area (Å²) in [5.74, 6) is 1.40. The Morgan fingerprint density at radius 1 is 0.405 bits per heavy atom. The standard InChI is InChI=1S/C21H17N5O.C20H16N6O.C19H16N6O.2C2H6/c27-20(16-10-11-16)24-21-23-19-5-1-4-18(26(19)25-21)15-8-6-14(7-9-15)17-3-2-12-22-13-17;27-19(13-6-7-13)24-20-23-18-5-1-4-17(26(18)25-20)15-8-9-16(22-12-15)14-3-2-10-21-11-14;26-18(14-8-9-14)23-19-22-17-3-1-2-16(25(17)24-19)13-6-4-12(5-7-13)15-10-20-21-11-15;2*1-2/h1-9,12-13,16H,10-11H2,(H,24,25,27);1-5,8-13H,6-7H2,(H,24,25,27);1-7,10-11,14H,8-9H2,(H,20,21)(H,23,24,26);2*1-2H3. The van der Waals surface area contributed by atoms with E-state index in [4.69, 9.17) is 0 Å². The number of carbonyl (C=O) groups is 3. The van der Waals surface area contributed by atoms with Gasteiger partial charge in [0, 0.05) is 82.8 Å². The average Bonchev–Trinajstić information content (AvgIpc) is 4.56. The number of hydrogen-bond acceptors (Lipinski definition) is 13. The van der Waals surface area contributed by atoms with Gasteiger partial charge in [-0.3, -0.25) is 50.4 Å². The summed E-state index contributed by atoms with van der Waals surface area (Å²) in [6.45, 7) is 8.00. The van der Waals surface area contributed by atoms with Crippen LogP contribution in [0.2, 0.25) is 0 Å². The minimum Gasteiger partial charge on any atom is -0.293 e. The molecule has 0 saturated heterocycles. The molecule has 0 aliphatic heterocycles. The lowest BCUT2D eigenvalue weighted by atomic mass is 10.0. The first-order chi connectivity index (χ1) is 41.3. The molecule has 0 radical (unpaired) electrons. The molecular weight excluding hydrogens is 1050 g/mol. The molecule has 3 amide bonds. The second-order valence-electron chi connectivity index (χ2n) is 19.7. The molecule has 2 aromatic carbocycles. The molecule has 420 valence electrons. The molecule has 84 heavy (non-hydrogen) atoms. The molecule has 0 atom stereocenters. The van der Waals surface area contributed by atoms with Crippen LogP contribution < -0.4 is 16.0 Å². The summed E-state index contributed by atoms with van der Waals surface area (Å²) in [4.78, 5) is 62.0. The van der Waals surface area contributed by atoms with Gasteiger partial charge in [0.2, 0.25) is 35.6 Å². The average molecular weight is 1120 g/mol. The maximum Gasteiger partial charge on any atom is 0.249 e. The van der Waals surface area contributed by atoms with E-state index in [-0.39, 0.29) is 35.5 Å². The lowest BCUT2D eigenvalue weighted by Gasteiger charge is -2.06. The summed E-state index contributed by atoms with van der Waals surface area (Å²) in [5, 5.41) is 28.6. The minimum absolute atomic E-state index is 0.00468. The van der Waals surface area contributed by atoms with E-state index >= 15 is 0 Å². The van der Waals surface area contributed by atoms with E-state index < -0.39 is 0 Å². The molecule has 3 aliphatic rings. The molecule has 0 unspecified atom stereocenters. The van der Waals surface area contributed by atoms with E-state index in [1.165, 1.54) is 0 Å². The van der Waals surface area contributed by atoms with Gasteiger partial charge in [0.15, 0.2) is 16.9 Å². The second kappa shape index (κ2) is 25.4. The van der Waals surface area contributed by atoms with Gasteiger partial charge < -0.3 is 0 Å². The highest BCUT2D eigenvalue weighted by Gasteiger charge is 2.32. The van der Waals surface area contributed by atoms with Crippen molar-refractivity contribution in [1.82, 2.24) is 68.9 Å². The number of amides is 3. The number of nitrogens with one attached hydrogen (secondary N) is 4. The fraction of sp³-hybridized carbons (Fsp3) is 0.203. The third-order valence-corrected chi connectivity index (χ3v) is 13.8. The van der Waals surface area contributed by atoms with E-state index in [1.54, 1.807) is 44.5 Å². The Hall–Kier alpha value is -10.6. The predicted octanol–water partition coefficient (Wildman–Crippen LogP) is 12.2. The van der Waals surface area contributed by atoms with E-state index in [9.17, 15) is 14.4 Å². The van der Waals surface area contributed by atoms with Gasteiger partial charge in [-0.2, -0.15) is 20.1 Å². The Morgan fingerprint density at radius 3 is 1.17 bits per heavy atom. The van der Waals surface area contributed by atoms with Crippen molar-refractivity contribution in [1.29, 1.82) is 0 Å². The number of anilines is 3. The molecule has 0 bridgehead atoms. The molecule has 3 aliphatic carbocycles. The van der Waals surface area contributed by atoms with E-state index in [0.717, 1.165) is 106 Å². The van der Waals surface area contributed by atoms with Crippen LogP contribution in [-0.2, 0) is 14.4 Å². The number of benzene rings is 2. The van der Waals surface area contributed by atoms with Gasteiger partial charge in [0.1, 0.15) is 0 Å². The largest absolute Gasteiger partial charge is 0.293 e. The van der Waals surface area contributed by atoms with Crippen molar-refractivity contribution in [2.75, 3.05) is 16.0 Å². The Morgan fingerprint density at radius 2 is 0.798 bits per heavy atom. The van der Waals surface area contributed by atoms with Crippen molar-refractivity contribution >= 4 is 52.5 Å². The van der Waals surface area contributed by atoms with Gasteiger partial charge >= 0.3 is 0 Å². The quantitative estimate of drug-likeness (QED) is 0.0890. The van der Waals surface area contributed by atoms with Gasteiger partial charge in [0.25, 0.3) is 0 Å². The number of aromatic nitrogens is 14. The number of rotatable bonds is 12. The van der Waals surface area contributed by atoms with E-state index in [2.05, 4.69) is 95.6 Å². The fourth-order valence-electron chi connectivity index (χ4n) is 9.04. The number of hydrogen-bond donors (Lipinski definition) is 4. The lowest BCUT2D eigenvalue weighted by molar-refractivity contribution is -0.118. The van der Waals surface area contributed by atoms with Gasteiger partial charge in [0.05, 0.1) is 29.0 Å². The molecule has 15 rings (SSSR count). The number of nitrogens with zero attached hydrogens (tertiary/aromatic N) is 13. The third kappa shape index (κ3) is 12.9. The summed E-state index contributed by atoms with van der Waals surface area (Å²) < 4.78 is 5.25. The normalized spacial score (nSPS) is 13.2. The third-order valence-electron chi connectivity index (χ3n) is 13.8. The summed E-state index contributed by atoms with van der Waals surface area (Å²) in [6.07, 6.45) is 18.3. The van der Waals surface area contributed by atoms with Crippen LogP contribution in [0.15, 0.2) is 183 Å². The topological polar surface area (TPSA) is 245 Å². The monoisotopic (exact) mass is 1120 g/mol. The Kier molecular flexibility index (Phi) is 16.7. The number of pyridine rings is 6. The maximum atomic E-state index is 12.0. The van der Waals surface area contributed by atoms with Crippen molar-refractivity contribution in [2.45, 2.75) is 66.2 Å². The van der Waals surface area contributed by atoms with E-state index in [0.29, 0.717) is 34.8 Å². The molecule has 20 heteroatoms. The van der Waals surface area contributed by atoms with E-state index in [1.807, 2.05) is 155 Å². The molecule has 4 N–H and O–H groups in total. The highest BCUT2D eigenvalue weighted by Crippen LogP contribution is 2.33. The summed E-state index contributed by atoms with van der Waals surface area (Å²) in [5.41, 5.74) is 13.9. The molecule has 20 nitrogen and oxygen atoms in total. The van der Waals surface area contributed by atoms with Crippen LogP contribution >= 0.6 is 0 Å². The van der Waals surface area contributed by atoms with Crippen molar-refractivity contribution in [2.24, 2.45) is 17.8 Å². The SMILES string of the molecule is CC.CC.O=C(Nc1nc2cccc(-c3ccc(-c4cccnc4)cc3)n2n1)C1CC1.O=C(Nc1nc2cccc(-c3ccc(-c4cccnc4)nc3)n2n1)C1CC1.O=C(Nc1nc2cccc(-c3ccc(-c4cn[nH]c4)cc3)n2n1)C1CC1. The number of fused-ring (bicyclic) bond motifs is 3. The molecule has 10 aromatic heterocycles. The Labute approximate surface area is 484 Å². The second-order valence-corrected chi connectivity index (χ2v) is 19.7. The molecule has 12 aromatic rings. The van der Waals surface area contributed by atoms with Gasteiger partial charge in [-0.25, -0.2) is 13.5 Å². The highest BCUT2D eigenvalue weighted by atomic mass is 16.2. The van der Waals surface area contributed by atoms with Crippen LogP contribution in [-0.4, -0.2) is 86.7 Å². The number of aromatic amines is 1. The zero-order valence-electron chi connectivity index (χ0n) is 46.8. The zero-order valence-corrected chi connectivity index (χ0v) is 46.8. The van der Waals surface area contributed by atoms with Crippen LogP contribution in [0.5, 0.6) is 0 Å². The van der Waals surface area contributed by atoms with Crippen LogP contribution in [0.25, 0.3) is 84.2 Å². The molecular formula is C64H61N17O3. The Bertz CT molecular complexity index is 3990. The number of carbonyl (C=O) groups excluding carboxylic acids is 3. The predicted molar refractivity (Wildman–Crippen MR) is 324 cm³/mol. The van der Waals surface area contributed by atoms with Gasteiger partial charge in [-0.15, -0.1) is 15.3 Å². The zero-order chi connectivity index (χ0) is 57.9. The molecule has 0 spiro atoms. The van der Waals surface area contributed by atoms with Gasteiger partial charge in [-0.05, 0) is 122 Å². The molecule has 3 saturated carbocycles. The first-order valence-corrected chi connectivity index (χ1v) is 28.3. The van der Waals surface area contributed by atoms with Crippen molar-refractivity contribution in [3.63, 3.8) is 0 Å². The van der Waals surface area contributed by atoms with Crippen molar-refractivity contribution in [3.8, 4) is 67.3 Å².